The maximum Gasteiger partial charge on any atom is 0.490 e. The Morgan fingerprint density at radius 1 is 1.10 bits per heavy atom. The topological polar surface area (TPSA) is 264 Å². The van der Waals surface area contributed by atoms with E-state index in [9.17, 15) is 38.4 Å². The largest absolute Gasteiger partial charge is 0.490 e. The Hall–Kier alpha value is -1.03. The van der Waals surface area contributed by atoms with E-state index in [0.717, 1.165) is 16.8 Å². The first kappa shape index (κ1) is 25.2. The van der Waals surface area contributed by atoms with Crippen molar-refractivity contribution in [1.82, 2.24) is 9.55 Å². The molecule has 0 radical (unpaired) electrons. The summed E-state index contributed by atoms with van der Waals surface area (Å²) >= 11 is 0. The Bertz CT molecular complexity index is 1010. The molecule has 1 fully saturated rings. The second kappa shape index (κ2) is 9.22. The summed E-state index contributed by atoms with van der Waals surface area (Å²) in [4.78, 5) is 60.4. The Balaban J connectivity index is 2.11. The van der Waals surface area contributed by atoms with E-state index in [2.05, 4.69) is 13.1 Å². The Kier molecular flexibility index (Phi) is 7.76. The lowest BCUT2D eigenvalue weighted by atomic mass is 9.99. The number of nitrogens with one attached hydrogen (secondary N) is 1. The number of aromatic nitrogens is 2. The zero-order valence-corrected chi connectivity index (χ0v) is 17.2. The summed E-state index contributed by atoms with van der Waals surface area (Å²) in [5, 5.41) is 19.7. The minimum absolute atomic E-state index is 0.730. The molecule has 0 bridgehead atoms. The molecule has 0 aromatic carbocycles. The standard InChI is InChI=1S/C10H17N2O15P3/c13-3-5-6(4-24-29(20,21)27-30(22,23)26-28(17,18)19)25-9(8(5)15)12-2-1-7(14)11-10(12)16/h1-2,5-6,8-9,13,15H,3-4H2,(H,20,21)(H,22,23)(H,11,14,16)(H2,17,18,19)/t5-,6-,8-,9?/m1/s1. The lowest BCUT2D eigenvalue weighted by molar-refractivity contribution is -0.0532. The van der Waals surface area contributed by atoms with Crippen LogP contribution < -0.4 is 11.2 Å². The molecular weight excluding hydrogens is 481 g/mol. The van der Waals surface area contributed by atoms with Gasteiger partial charge in [-0.3, -0.25) is 18.9 Å². The number of aliphatic hydroxyl groups excluding tert-OH is 2. The van der Waals surface area contributed by atoms with Gasteiger partial charge in [0, 0.05) is 18.2 Å². The van der Waals surface area contributed by atoms with Gasteiger partial charge in [0.2, 0.25) is 0 Å². The minimum Gasteiger partial charge on any atom is -0.396 e. The van der Waals surface area contributed by atoms with Crippen molar-refractivity contribution in [3.8, 4) is 0 Å². The Morgan fingerprint density at radius 2 is 1.73 bits per heavy atom. The van der Waals surface area contributed by atoms with Gasteiger partial charge in [-0.05, 0) is 0 Å². The normalized spacial score (nSPS) is 28.7. The van der Waals surface area contributed by atoms with E-state index in [0.29, 0.717) is 0 Å². The molecule has 1 aromatic heterocycles. The molecule has 3 unspecified atom stereocenters. The van der Waals surface area contributed by atoms with Crippen LogP contribution in [0.4, 0.5) is 0 Å². The van der Waals surface area contributed by atoms with E-state index in [-0.39, 0.29) is 0 Å². The van der Waals surface area contributed by atoms with E-state index in [1.54, 1.807) is 0 Å². The molecule has 30 heavy (non-hydrogen) atoms. The van der Waals surface area contributed by atoms with Crippen LogP contribution >= 0.6 is 23.5 Å². The molecule has 1 aliphatic rings. The summed E-state index contributed by atoms with van der Waals surface area (Å²) in [6.45, 7) is -1.69. The smallest absolute Gasteiger partial charge is 0.396 e. The van der Waals surface area contributed by atoms with Crippen molar-refractivity contribution >= 4 is 23.5 Å². The molecule has 0 amide bonds. The van der Waals surface area contributed by atoms with Gasteiger partial charge in [-0.25, -0.2) is 18.5 Å². The van der Waals surface area contributed by atoms with Crippen LogP contribution in [-0.2, 0) is 31.6 Å². The van der Waals surface area contributed by atoms with Gasteiger partial charge in [0.15, 0.2) is 6.23 Å². The van der Waals surface area contributed by atoms with Crippen LogP contribution in [0.3, 0.4) is 0 Å². The van der Waals surface area contributed by atoms with Crippen LogP contribution in [0.25, 0.3) is 0 Å². The molecule has 1 aliphatic heterocycles. The molecule has 1 saturated heterocycles. The third-order valence-corrected chi connectivity index (χ3v) is 7.48. The average molecular weight is 498 g/mol. The number of rotatable bonds is 9. The fraction of sp³-hybridized carbons (Fsp3) is 0.600. The van der Waals surface area contributed by atoms with Crippen molar-refractivity contribution in [3.63, 3.8) is 0 Å². The zero-order chi connectivity index (χ0) is 22.9. The van der Waals surface area contributed by atoms with E-state index < -0.39 is 72.3 Å². The van der Waals surface area contributed by atoms with Crippen LogP contribution in [0.1, 0.15) is 6.23 Å². The lowest BCUT2D eigenvalue weighted by Gasteiger charge is -2.20. The van der Waals surface area contributed by atoms with Crippen molar-refractivity contribution < 1.29 is 61.4 Å². The second-order valence-corrected chi connectivity index (χ2v) is 10.2. The van der Waals surface area contributed by atoms with E-state index in [1.807, 2.05) is 4.98 Å². The SMILES string of the molecule is O=c1ccn(C2O[C@H](COP(=O)(O)OP(=O)(O)OP(=O)(O)O)[C@@H](CO)[C@H]2O)c(=O)[nH]1. The highest BCUT2D eigenvalue weighted by Gasteiger charge is 2.47. The Labute approximate surface area is 165 Å². The van der Waals surface area contributed by atoms with Gasteiger partial charge in [0.05, 0.1) is 19.3 Å². The summed E-state index contributed by atoms with van der Waals surface area (Å²) in [6, 6.07) is 0.949. The van der Waals surface area contributed by atoms with Crippen LogP contribution in [-0.4, -0.2) is 64.8 Å². The average Bonchev–Trinajstić information content (AvgIpc) is 2.85. The van der Waals surface area contributed by atoms with Gasteiger partial charge < -0.3 is 34.5 Å². The highest BCUT2D eigenvalue weighted by molar-refractivity contribution is 7.66. The summed E-state index contributed by atoms with van der Waals surface area (Å²) in [7, 11) is -16.7. The molecular formula is C10H17N2O15P3. The van der Waals surface area contributed by atoms with Crippen LogP contribution in [0, 0.1) is 5.92 Å². The maximum absolute atomic E-state index is 11.8. The fourth-order valence-corrected chi connectivity index (χ4v) is 5.54. The van der Waals surface area contributed by atoms with E-state index >= 15 is 0 Å². The first-order chi connectivity index (χ1) is 13.6. The van der Waals surface area contributed by atoms with Crippen molar-refractivity contribution in [2.75, 3.05) is 13.2 Å². The second-order valence-electron chi connectivity index (χ2n) is 5.81. The summed E-state index contributed by atoms with van der Waals surface area (Å²) in [6.07, 6.45) is -3.36. The number of nitrogens with zero attached hydrogens (tertiary/aromatic N) is 1. The summed E-state index contributed by atoms with van der Waals surface area (Å²) in [5.74, 6) is -1.18. The van der Waals surface area contributed by atoms with Gasteiger partial charge >= 0.3 is 29.2 Å². The molecule has 0 aliphatic carbocycles. The van der Waals surface area contributed by atoms with Gasteiger partial charge in [0.25, 0.3) is 5.56 Å². The molecule has 2 rings (SSSR count). The Morgan fingerprint density at radius 3 is 2.27 bits per heavy atom. The maximum atomic E-state index is 11.8. The zero-order valence-electron chi connectivity index (χ0n) is 14.5. The lowest BCUT2D eigenvalue weighted by Crippen LogP contribution is -2.36. The van der Waals surface area contributed by atoms with Crippen molar-refractivity contribution in [2.45, 2.75) is 18.4 Å². The molecule has 20 heteroatoms. The minimum atomic E-state index is -5.72. The number of aromatic amines is 1. The van der Waals surface area contributed by atoms with Crippen molar-refractivity contribution in [2.24, 2.45) is 5.92 Å². The number of hydrogen-bond donors (Lipinski definition) is 7. The molecule has 6 atom stereocenters. The van der Waals surface area contributed by atoms with Crippen LogP contribution in [0.5, 0.6) is 0 Å². The molecule has 0 spiro atoms. The number of phosphoric acid groups is 3. The number of hydrogen-bond acceptors (Lipinski definition) is 11. The highest BCUT2D eigenvalue weighted by atomic mass is 31.3. The van der Waals surface area contributed by atoms with E-state index in [1.165, 1.54) is 0 Å². The molecule has 1 aromatic rings. The number of aliphatic hydroxyl groups is 2. The van der Waals surface area contributed by atoms with Gasteiger partial charge in [-0.1, -0.05) is 0 Å². The van der Waals surface area contributed by atoms with Crippen molar-refractivity contribution in [1.29, 1.82) is 0 Å². The fourth-order valence-electron chi connectivity index (χ4n) is 2.51. The van der Waals surface area contributed by atoms with Gasteiger partial charge in [-0.15, -0.1) is 0 Å². The van der Waals surface area contributed by atoms with Crippen molar-refractivity contribution in [3.05, 3.63) is 33.1 Å². The van der Waals surface area contributed by atoms with Crippen LogP contribution in [0.2, 0.25) is 0 Å². The van der Waals surface area contributed by atoms with Crippen LogP contribution in [0.15, 0.2) is 21.9 Å². The van der Waals surface area contributed by atoms with E-state index in [4.69, 9.17) is 19.4 Å². The first-order valence-electron chi connectivity index (χ1n) is 7.68. The molecule has 17 nitrogen and oxygen atoms in total. The summed E-state index contributed by atoms with van der Waals surface area (Å²) < 4.78 is 51.2. The summed E-state index contributed by atoms with van der Waals surface area (Å²) in [5.41, 5.74) is -1.69. The highest BCUT2D eigenvalue weighted by Crippen LogP contribution is 2.66. The number of H-pyrrole nitrogens is 1. The molecule has 7 N–H and O–H groups in total. The van der Waals surface area contributed by atoms with Gasteiger partial charge in [0.1, 0.15) is 6.10 Å². The molecule has 172 valence electrons. The number of phosphoric ester groups is 1. The molecule has 2 heterocycles. The first-order valence-corrected chi connectivity index (χ1v) is 12.2. The predicted molar refractivity (Wildman–Crippen MR) is 91.6 cm³/mol. The number of ether oxygens (including phenoxy) is 1. The molecule has 0 saturated carbocycles. The monoisotopic (exact) mass is 498 g/mol. The third-order valence-electron chi connectivity index (χ3n) is 3.68. The quantitative estimate of drug-likeness (QED) is 0.177. The third kappa shape index (κ3) is 6.73. The van der Waals surface area contributed by atoms with Gasteiger partial charge in [-0.2, -0.15) is 8.62 Å². The predicted octanol–water partition coefficient (Wildman–Crippen LogP) is -2.25.